The molecule has 1 aromatic carbocycles. The van der Waals surface area contributed by atoms with Gasteiger partial charge in [-0.2, -0.15) is 0 Å². The number of benzene rings is 1. The van der Waals surface area contributed by atoms with Crippen LogP contribution in [0.3, 0.4) is 0 Å². The van der Waals surface area contributed by atoms with Crippen LogP contribution >= 0.6 is 0 Å². The Morgan fingerprint density at radius 2 is 2.21 bits per heavy atom. The molecule has 3 N–H and O–H groups in total. The van der Waals surface area contributed by atoms with Crippen molar-refractivity contribution in [1.29, 1.82) is 0 Å². The average molecular weight is 263 g/mol. The van der Waals surface area contributed by atoms with Gasteiger partial charge in [-0.05, 0) is 45.8 Å². The third-order valence-corrected chi connectivity index (χ3v) is 3.38. The van der Waals surface area contributed by atoms with Crippen molar-refractivity contribution in [3.63, 3.8) is 0 Å². The second-order valence-corrected chi connectivity index (χ2v) is 5.76. The highest BCUT2D eigenvalue weighted by molar-refractivity contribution is 5.59. The molecule has 0 bridgehead atoms. The number of anilines is 2. The number of ether oxygens (including phenoxy) is 1. The molecule has 0 aliphatic carbocycles. The maximum absolute atomic E-state index is 5.91. The zero-order chi connectivity index (χ0) is 13.8. The van der Waals surface area contributed by atoms with Crippen LogP contribution in [0.5, 0.6) is 5.75 Å². The van der Waals surface area contributed by atoms with Crippen LogP contribution in [0.2, 0.25) is 0 Å². The fraction of sp³-hybridized carbons (Fsp3) is 0.600. The number of rotatable bonds is 5. The van der Waals surface area contributed by atoms with Gasteiger partial charge in [0, 0.05) is 36.6 Å². The molecule has 1 aliphatic heterocycles. The zero-order valence-electron chi connectivity index (χ0n) is 12.1. The smallest absolute Gasteiger partial charge is 0.123 e. The van der Waals surface area contributed by atoms with Crippen molar-refractivity contribution in [2.24, 2.45) is 5.92 Å². The summed E-state index contributed by atoms with van der Waals surface area (Å²) in [5, 5.41) is 3.47. The highest BCUT2D eigenvalue weighted by atomic mass is 16.5. The van der Waals surface area contributed by atoms with Gasteiger partial charge in [-0.15, -0.1) is 0 Å². The topological polar surface area (TPSA) is 50.5 Å². The van der Waals surface area contributed by atoms with Crippen LogP contribution < -0.4 is 15.8 Å². The molecule has 2 rings (SSSR count). The van der Waals surface area contributed by atoms with Gasteiger partial charge in [0.25, 0.3) is 0 Å². The van der Waals surface area contributed by atoms with E-state index in [1.165, 1.54) is 19.5 Å². The van der Waals surface area contributed by atoms with Crippen molar-refractivity contribution in [1.82, 2.24) is 4.90 Å². The predicted molar refractivity (Wildman–Crippen MR) is 80.7 cm³/mol. The summed E-state index contributed by atoms with van der Waals surface area (Å²) in [5.74, 6) is 1.56. The van der Waals surface area contributed by atoms with Crippen LogP contribution in [0.4, 0.5) is 11.4 Å². The molecule has 1 atom stereocenters. The van der Waals surface area contributed by atoms with Crippen molar-refractivity contribution in [2.75, 3.05) is 37.7 Å². The van der Waals surface area contributed by atoms with Crippen LogP contribution in [0.25, 0.3) is 0 Å². The Kier molecular flexibility index (Phi) is 4.53. The second kappa shape index (κ2) is 6.15. The van der Waals surface area contributed by atoms with Crippen molar-refractivity contribution in [3.05, 3.63) is 18.2 Å². The first-order chi connectivity index (χ1) is 9.02. The number of nitrogen functional groups attached to an aromatic ring is 1. The Morgan fingerprint density at radius 3 is 2.84 bits per heavy atom. The Morgan fingerprint density at radius 1 is 1.42 bits per heavy atom. The van der Waals surface area contributed by atoms with Crippen molar-refractivity contribution in [2.45, 2.75) is 26.4 Å². The van der Waals surface area contributed by atoms with Crippen LogP contribution in [0, 0.1) is 5.92 Å². The minimum Gasteiger partial charge on any atom is -0.491 e. The molecular weight excluding hydrogens is 238 g/mol. The van der Waals surface area contributed by atoms with E-state index < -0.39 is 0 Å². The molecule has 0 radical (unpaired) electrons. The maximum atomic E-state index is 5.91. The van der Waals surface area contributed by atoms with Crippen LogP contribution in [-0.4, -0.2) is 37.7 Å². The molecular formula is C15H25N3O. The second-order valence-electron chi connectivity index (χ2n) is 5.76. The molecule has 1 fully saturated rings. The number of likely N-dealkylation sites (tertiary alicyclic amines) is 1. The first kappa shape index (κ1) is 14.0. The molecule has 0 amide bonds. The summed E-state index contributed by atoms with van der Waals surface area (Å²) in [6.45, 7) is 7.40. The number of hydrogen-bond acceptors (Lipinski definition) is 4. The summed E-state index contributed by atoms with van der Waals surface area (Å²) in [7, 11) is 2.18. The molecule has 0 saturated carbocycles. The lowest BCUT2D eigenvalue weighted by molar-refractivity contribution is 0.242. The van der Waals surface area contributed by atoms with Gasteiger partial charge < -0.3 is 20.7 Å². The van der Waals surface area contributed by atoms with E-state index in [0.717, 1.165) is 29.6 Å². The monoisotopic (exact) mass is 263 g/mol. The highest BCUT2D eigenvalue weighted by Gasteiger charge is 2.18. The first-order valence-electron chi connectivity index (χ1n) is 7.02. The molecule has 4 heteroatoms. The van der Waals surface area contributed by atoms with Gasteiger partial charge >= 0.3 is 0 Å². The molecule has 4 nitrogen and oxygen atoms in total. The minimum atomic E-state index is 0.165. The summed E-state index contributed by atoms with van der Waals surface area (Å²) in [5.41, 5.74) is 7.70. The summed E-state index contributed by atoms with van der Waals surface area (Å²) in [4.78, 5) is 2.37. The van der Waals surface area contributed by atoms with Gasteiger partial charge in [-0.1, -0.05) is 0 Å². The molecule has 1 heterocycles. The van der Waals surface area contributed by atoms with E-state index >= 15 is 0 Å². The number of nitrogens with two attached hydrogens (primary N) is 1. The van der Waals surface area contributed by atoms with E-state index in [0.29, 0.717) is 0 Å². The Labute approximate surface area is 115 Å². The third kappa shape index (κ3) is 4.31. The number of hydrogen-bond donors (Lipinski definition) is 2. The summed E-state index contributed by atoms with van der Waals surface area (Å²) in [6, 6.07) is 5.86. The van der Waals surface area contributed by atoms with Gasteiger partial charge in [0.2, 0.25) is 0 Å². The summed E-state index contributed by atoms with van der Waals surface area (Å²) in [6.07, 6.45) is 1.43. The SMILES string of the molecule is CC(C)Oc1cc(N)cc(NCC2CCN(C)C2)c1. The van der Waals surface area contributed by atoms with Gasteiger partial charge in [-0.3, -0.25) is 0 Å². The van der Waals surface area contributed by atoms with Gasteiger partial charge in [0.05, 0.1) is 6.10 Å². The van der Waals surface area contributed by atoms with Gasteiger partial charge in [0.15, 0.2) is 0 Å². The lowest BCUT2D eigenvalue weighted by Crippen LogP contribution is -2.19. The molecule has 106 valence electrons. The molecule has 19 heavy (non-hydrogen) atoms. The van der Waals surface area contributed by atoms with E-state index in [4.69, 9.17) is 10.5 Å². The van der Waals surface area contributed by atoms with Gasteiger partial charge in [0.1, 0.15) is 5.75 Å². The Hall–Kier alpha value is -1.42. The quantitative estimate of drug-likeness (QED) is 0.801. The van der Waals surface area contributed by atoms with Crippen molar-refractivity contribution >= 4 is 11.4 Å². The largest absolute Gasteiger partial charge is 0.491 e. The minimum absolute atomic E-state index is 0.165. The average Bonchev–Trinajstić information content (AvgIpc) is 2.71. The van der Waals surface area contributed by atoms with Crippen LogP contribution in [0.1, 0.15) is 20.3 Å². The summed E-state index contributed by atoms with van der Waals surface area (Å²) < 4.78 is 5.70. The van der Waals surface area contributed by atoms with E-state index in [-0.39, 0.29) is 6.10 Å². The van der Waals surface area contributed by atoms with Crippen molar-refractivity contribution < 1.29 is 4.74 Å². The highest BCUT2D eigenvalue weighted by Crippen LogP contribution is 2.24. The lowest BCUT2D eigenvalue weighted by atomic mass is 10.1. The van der Waals surface area contributed by atoms with E-state index in [9.17, 15) is 0 Å². The van der Waals surface area contributed by atoms with Crippen LogP contribution in [0.15, 0.2) is 18.2 Å². The van der Waals surface area contributed by atoms with Crippen molar-refractivity contribution in [3.8, 4) is 5.75 Å². The molecule has 0 aromatic heterocycles. The number of nitrogens with one attached hydrogen (secondary N) is 1. The van der Waals surface area contributed by atoms with E-state index in [2.05, 4.69) is 17.3 Å². The standard InChI is InChI=1S/C15H25N3O/c1-11(2)19-15-7-13(16)6-14(8-15)17-9-12-4-5-18(3)10-12/h6-8,11-12,17H,4-5,9-10,16H2,1-3H3. The lowest BCUT2D eigenvalue weighted by Gasteiger charge is -2.15. The predicted octanol–water partition coefficient (Wildman–Crippen LogP) is 2.42. The zero-order valence-corrected chi connectivity index (χ0v) is 12.1. The molecule has 1 aliphatic rings. The fourth-order valence-electron chi connectivity index (χ4n) is 2.52. The third-order valence-electron chi connectivity index (χ3n) is 3.38. The van der Waals surface area contributed by atoms with E-state index in [1.54, 1.807) is 0 Å². The van der Waals surface area contributed by atoms with Gasteiger partial charge in [-0.25, -0.2) is 0 Å². The molecule has 1 saturated heterocycles. The maximum Gasteiger partial charge on any atom is 0.123 e. The Balaban J connectivity index is 1.94. The molecule has 1 unspecified atom stereocenters. The van der Waals surface area contributed by atoms with Crippen LogP contribution in [-0.2, 0) is 0 Å². The molecule has 0 spiro atoms. The molecule has 1 aromatic rings. The van der Waals surface area contributed by atoms with E-state index in [1.807, 2.05) is 32.0 Å². The first-order valence-corrected chi connectivity index (χ1v) is 7.02. The normalized spacial score (nSPS) is 19.9. The fourth-order valence-corrected chi connectivity index (χ4v) is 2.52. The number of nitrogens with zero attached hydrogens (tertiary/aromatic N) is 1. The Bertz CT molecular complexity index is 420. The summed E-state index contributed by atoms with van der Waals surface area (Å²) >= 11 is 0.